The second kappa shape index (κ2) is 11.4. The van der Waals surface area contributed by atoms with Crippen LogP contribution in [0, 0.1) is 0 Å². The van der Waals surface area contributed by atoms with Crippen molar-refractivity contribution in [1.29, 1.82) is 0 Å². The average Bonchev–Trinajstić information content (AvgIpc) is 3.03. The second-order valence-electron chi connectivity index (χ2n) is 8.03. The second-order valence-corrected chi connectivity index (χ2v) is 8.46. The van der Waals surface area contributed by atoms with Crippen LogP contribution < -0.4 is 10.6 Å². The van der Waals surface area contributed by atoms with E-state index in [1.54, 1.807) is 43.1 Å². The van der Waals surface area contributed by atoms with Gasteiger partial charge < -0.3 is 20.3 Å². The molecule has 2 N–H and O–H groups in total. The van der Waals surface area contributed by atoms with Gasteiger partial charge in [-0.2, -0.15) is 0 Å². The van der Waals surface area contributed by atoms with Gasteiger partial charge >= 0.3 is 18.0 Å². The topological polar surface area (TPSA) is 94.2 Å². The monoisotopic (exact) mass is 477 g/mol. The molecule has 3 rings (SSSR count). The van der Waals surface area contributed by atoms with E-state index in [0.29, 0.717) is 49.0 Å². The number of nitrogens with zero attached hydrogens (tertiary/aromatic N) is 3. The Kier molecular flexibility index (Phi) is 8.57. The quantitative estimate of drug-likeness (QED) is 0.614. The molecule has 4 amide bonds. The maximum absolute atomic E-state index is 13.1. The van der Waals surface area contributed by atoms with Crippen molar-refractivity contribution in [3.63, 3.8) is 0 Å². The van der Waals surface area contributed by atoms with Gasteiger partial charge in [0.1, 0.15) is 0 Å². The van der Waals surface area contributed by atoms with Crippen LogP contribution in [0.5, 0.6) is 0 Å². The number of likely N-dealkylation sites (N-methyl/N-ethyl adjacent to an activating group) is 1. The molecule has 0 spiro atoms. The molecule has 180 valence electrons. The van der Waals surface area contributed by atoms with E-state index in [1.807, 2.05) is 6.92 Å². The first-order valence-corrected chi connectivity index (χ1v) is 11.7. The van der Waals surface area contributed by atoms with E-state index < -0.39 is 12.0 Å². The SMILES string of the molecule is CCNC(=O)N1CCCN(CC2=C(C(=O)OCC)[C@H](c3ccc(Cl)cc3)NC(=O)N2C)CC1. The van der Waals surface area contributed by atoms with Crippen molar-refractivity contribution < 1.29 is 19.1 Å². The van der Waals surface area contributed by atoms with Crippen molar-refractivity contribution in [2.24, 2.45) is 0 Å². The van der Waals surface area contributed by atoms with Gasteiger partial charge in [-0.1, -0.05) is 23.7 Å². The number of urea groups is 2. The highest BCUT2D eigenvalue weighted by Crippen LogP contribution is 2.32. The lowest BCUT2D eigenvalue weighted by Crippen LogP contribution is -2.49. The zero-order valence-corrected chi connectivity index (χ0v) is 20.2. The summed E-state index contributed by atoms with van der Waals surface area (Å²) < 4.78 is 5.38. The molecule has 1 atom stereocenters. The van der Waals surface area contributed by atoms with Gasteiger partial charge in [-0.25, -0.2) is 14.4 Å². The number of hydrogen-bond donors (Lipinski definition) is 2. The summed E-state index contributed by atoms with van der Waals surface area (Å²) >= 11 is 6.04. The van der Waals surface area contributed by atoms with Crippen LogP contribution in [0.3, 0.4) is 0 Å². The lowest BCUT2D eigenvalue weighted by atomic mass is 9.94. The van der Waals surface area contributed by atoms with Crippen LogP contribution in [0.25, 0.3) is 0 Å². The van der Waals surface area contributed by atoms with E-state index >= 15 is 0 Å². The van der Waals surface area contributed by atoms with E-state index in [9.17, 15) is 14.4 Å². The molecule has 10 heteroatoms. The zero-order valence-electron chi connectivity index (χ0n) is 19.4. The molecule has 0 saturated carbocycles. The molecule has 0 aromatic heterocycles. The summed E-state index contributed by atoms with van der Waals surface area (Å²) in [6.07, 6.45) is 0.801. The number of esters is 1. The Morgan fingerprint density at radius 3 is 2.55 bits per heavy atom. The maximum atomic E-state index is 13.1. The lowest BCUT2D eigenvalue weighted by molar-refractivity contribution is -0.139. The molecule has 2 aliphatic rings. The van der Waals surface area contributed by atoms with Crippen molar-refractivity contribution in [2.75, 3.05) is 52.9 Å². The van der Waals surface area contributed by atoms with E-state index in [0.717, 1.165) is 18.5 Å². The number of benzene rings is 1. The minimum absolute atomic E-state index is 0.0669. The average molecular weight is 478 g/mol. The standard InChI is InChI=1S/C23H32ClN5O4/c1-4-25-22(31)29-12-6-11-28(13-14-29)15-18-19(21(30)33-5-2)20(26-23(32)27(18)3)16-7-9-17(24)10-8-16/h7-10,20H,4-6,11-15H2,1-3H3,(H,25,31)(H,26,32)/t20-/m0/s1. The van der Waals surface area contributed by atoms with E-state index in [4.69, 9.17) is 16.3 Å². The molecule has 2 aliphatic heterocycles. The first-order chi connectivity index (χ1) is 15.8. The van der Waals surface area contributed by atoms with Gasteiger partial charge in [0.25, 0.3) is 0 Å². The maximum Gasteiger partial charge on any atom is 0.338 e. The molecule has 0 bridgehead atoms. The van der Waals surface area contributed by atoms with Crippen molar-refractivity contribution >= 4 is 29.6 Å². The van der Waals surface area contributed by atoms with Crippen LogP contribution in [0.1, 0.15) is 31.9 Å². The van der Waals surface area contributed by atoms with Gasteiger partial charge in [0.05, 0.1) is 18.2 Å². The van der Waals surface area contributed by atoms with Crippen LogP contribution in [-0.4, -0.2) is 85.7 Å². The Morgan fingerprint density at radius 2 is 1.88 bits per heavy atom. The summed E-state index contributed by atoms with van der Waals surface area (Å²) in [5, 5.41) is 6.33. The van der Waals surface area contributed by atoms with Crippen molar-refractivity contribution in [3.05, 3.63) is 46.1 Å². The normalized spacial score (nSPS) is 19.8. The highest BCUT2D eigenvalue weighted by molar-refractivity contribution is 6.30. The van der Waals surface area contributed by atoms with Crippen molar-refractivity contribution in [2.45, 2.75) is 26.3 Å². The minimum atomic E-state index is -0.640. The van der Waals surface area contributed by atoms with Gasteiger partial charge in [0, 0.05) is 57.0 Å². The summed E-state index contributed by atoms with van der Waals surface area (Å²) in [6, 6.07) is 6.05. The fourth-order valence-corrected chi connectivity index (χ4v) is 4.24. The Morgan fingerprint density at radius 1 is 1.15 bits per heavy atom. The molecule has 1 aromatic carbocycles. The largest absolute Gasteiger partial charge is 0.463 e. The third kappa shape index (κ3) is 5.97. The predicted molar refractivity (Wildman–Crippen MR) is 126 cm³/mol. The Labute approximate surface area is 199 Å². The Bertz CT molecular complexity index is 905. The number of rotatable bonds is 6. The molecule has 1 saturated heterocycles. The van der Waals surface area contributed by atoms with Crippen molar-refractivity contribution in [3.8, 4) is 0 Å². The Balaban J connectivity index is 1.91. The smallest absolute Gasteiger partial charge is 0.338 e. The zero-order chi connectivity index (χ0) is 24.0. The number of halogens is 1. The van der Waals surface area contributed by atoms with Gasteiger partial charge in [0.15, 0.2) is 0 Å². The van der Waals surface area contributed by atoms with Crippen LogP contribution >= 0.6 is 11.6 Å². The molecule has 0 unspecified atom stereocenters. The van der Waals surface area contributed by atoms with Crippen LogP contribution in [0.2, 0.25) is 5.02 Å². The molecule has 1 fully saturated rings. The number of nitrogens with one attached hydrogen (secondary N) is 2. The van der Waals surface area contributed by atoms with Gasteiger partial charge in [-0.3, -0.25) is 9.80 Å². The summed E-state index contributed by atoms with van der Waals surface area (Å²) in [5.74, 6) is -0.460. The highest BCUT2D eigenvalue weighted by atomic mass is 35.5. The third-order valence-corrected chi connectivity index (χ3v) is 6.10. The Hall–Kier alpha value is -2.78. The first-order valence-electron chi connectivity index (χ1n) is 11.3. The fourth-order valence-electron chi connectivity index (χ4n) is 4.11. The summed E-state index contributed by atoms with van der Waals surface area (Å²) in [6.45, 7) is 7.48. The van der Waals surface area contributed by atoms with Crippen LogP contribution in [0.15, 0.2) is 35.5 Å². The van der Waals surface area contributed by atoms with Gasteiger partial charge in [-0.05, 0) is 38.0 Å². The molecule has 33 heavy (non-hydrogen) atoms. The summed E-state index contributed by atoms with van der Waals surface area (Å²) in [5.41, 5.74) is 1.76. The minimum Gasteiger partial charge on any atom is -0.463 e. The lowest BCUT2D eigenvalue weighted by Gasteiger charge is -2.36. The number of carbonyl (C=O) groups is 3. The third-order valence-electron chi connectivity index (χ3n) is 5.85. The van der Waals surface area contributed by atoms with E-state index in [-0.39, 0.29) is 18.7 Å². The van der Waals surface area contributed by atoms with Gasteiger partial charge in [0.2, 0.25) is 0 Å². The van der Waals surface area contributed by atoms with Crippen LogP contribution in [-0.2, 0) is 9.53 Å². The number of amides is 4. The first kappa shape index (κ1) is 24.9. The summed E-state index contributed by atoms with van der Waals surface area (Å²) in [7, 11) is 1.65. The molecule has 0 aliphatic carbocycles. The summed E-state index contributed by atoms with van der Waals surface area (Å²) in [4.78, 5) is 43.6. The molecular weight excluding hydrogens is 446 g/mol. The van der Waals surface area contributed by atoms with Crippen molar-refractivity contribution in [1.82, 2.24) is 25.3 Å². The molecule has 1 aromatic rings. The van der Waals surface area contributed by atoms with Crippen LogP contribution in [0.4, 0.5) is 9.59 Å². The molecule has 0 radical (unpaired) electrons. The van der Waals surface area contributed by atoms with E-state index in [1.165, 1.54) is 4.90 Å². The number of hydrogen-bond acceptors (Lipinski definition) is 5. The molecule has 9 nitrogen and oxygen atoms in total. The highest BCUT2D eigenvalue weighted by Gasteiger charge is 2.37. The predicted octanol–water partition coefficient (Wildman–Crippen LogP) is 2.59. The van der Waals surface area contributed by atoms with Gasteiger partial charge in [-0.15, -0.1) is 0 Å². The molecule has 2 heterocycles. The molecular formula is C23H32ClN5O4. The van der Waals surface area contributed by atoms with E-state index in [2.05, 4.69) is 15.5 Å². The number of ether oxygens (including phenoxy) is 1. The fraction of sp³-hybridized carbons (Fsp3) is 0.522. The number of carbonyl (C=O) groups excluding carboxylic acids is 3.